The van der Waals surface area contributed by atoms with Crippen LogP contribution in [0.4, 0.5) is 4.39 Å². The van der Waals surface area contributed by atoms with Gasteiger partial charge in [-0.15, -0.1) is 10.2 Å². The van der Waals surface area contributed by atoms with Crippen LogP contribution >= 0.6 is 0 Å². The minimum absolute atomic E-state index is 0.0917. The van der Waals surface area contributed by atoms with Gasteiger partial charge in [0.25, 0.3) is 11.8 Å². The average Bonchev–Trinajstić information content (AvgIpc) is 3.40. The number of nitrogens with one attached hydrogen (secondary N) is 1. The van der Waals surface area contributed by atoms with Gasteiger partial charge in [0.1, 0.15) is 11.6 Å². The second-order valence-electron chi connectivity index (χ2n) is 8.16. The summed E-state index contributed by atoms with van der Waals surface area (Å²) < 4.78 is 15.0. The number of hydrogen-bond donors (Lipinski definition) is 1. The van der Waals surface area contributed by atoms with E-state index in [9.17, 15) is 14.0 Å². The van der Waals surface area contributed by atoms with Gasteiger partial charge in [-0.2, -0.15) is 0 Å². The van der Waals surface area contributed by atoms with E-state index in [4.69, 9.17) is 0 Å². The Bertz CT molecular complexity index is 1110. The van der Waals surface area contributed by atoms with Gasteiger partial charge in [0.15, 0.2) is 0 Å². The standard InChI is InChI=1S/C23H22FN5O2/c24-19-8-6-16(7-9-19)23(31)28-12-17-10-20-26-27-21(29(20)14-18(17)13-28)22(30)25-11-15-4-2-1-3-5-15/h1-9,17-18H,10-14H2,(H,25,30)/t17-,18+/m1/s1. The number of hydrogen-bond acceptors (Lipinski definition) is 4. The zero-order valence-electron chi connectivity index (χ0n) is 16.9. The van der Waals surface area contributed by atoms with Crippen LogP contribution in [0.3, 0.4) is 0 Å². The van der Waals surface area contributed by atoms with E-state index in [-0.39, 0.29) is 29.5 Å². The summed E-state index contributed by atoms with van der Waals surface area (Å²) in [7, 11) is 0. The second kappa shape index (κ2) is 7.94. The molecule has 1 fully saturated rings. The Morgan fingerprint density at radius 2 is 1.71 bits per heavy atom. The van der Waals surface area contributed by atoms with Gasteiger partial charge < -0.3 is 14.8 Å². The van der Waals surface area contributed by atoms with E-state index in [2.05, 4.69) is 15.5 Å². The number of rotatable bonds is 4. The lowest BCUT2D eigenvalue weighted by Crippen LogP contribution is -2.33. The molecule has 5 rings (SSSR count). The number of amides is 2. The lowest BCUT2D eigenvalue weighted by Gasteiger charge is -2.25. The van der Waals surface area contributed by atoms with Crippen LogP contribution in [0.15, 0.2) is 54.6 Å². The largest absolute Gasteiger partial charge is 0.345 e. The van der Waals surface area contributed by atoms with Crippen LogP contribution in [0.25, 0.3) is 0 Å². The maximum Gasteiger partial charge on any atom is 0.289 e. The van der Waals surface area contributed by atoms with Crippen LogP contribution in [0.2, 0.25) is 0 Å². The van der Waals surface area contributed by atoms with Crippen molar-refractivity contribution < 1.29 is 14.0 Å². The Morgan fingerprint density at radius 3 is 2.48 bits per heavy atom. The van der Waals surface area contributed by atoms with E-state index in [1.807, 2.05) is 39.8 Å². The van der Waals surface area contributed by atoms with Crippen LogP contribution < -0.4 is 5.32 Å². The third-order valence-corrected chi connectivity index (χ3v) is 6.14. The zero-order valence-corrected chi connectivity index (χ0v) is 16.9. The number of benzene rings is 2. The highest BCUT2D eigenvalue weighted by Gasteiger charge is 2.40. The second-order valence-corrected chi connectivity index (χ2v) is 8.16. The molecule has 0 radical (unpaired) electrons. The Labute approximate surface area is 178 Å². The van der Waals surface area contributed by atoms with E-state index in [1.54, 1.807) is 0 Å². The Morgan fingerprint density at radius 1 is 0.968 bits per heavy atom. The molecule has 2 atom stereocenters. The topological polar surface area (TPSA) is 80.1 Å². The third-order valence-electron chi connectivity index (χ3n) is 6.14. The fourth-order valence-electron chi connectivity index (χ4n) is 4.49. The summed E-state index contributed by atoms with van der Waals surface area (Å²) >= 11 is 0. The van der Waals surface area contributed by atoms with Gasteiger partial charge in [-0.1, -0.05) is 30.3 Å². The SMILES string of the molecule is O=C(NCc1ccccc1)c1nnc2n1C[C@@H]1CN(C(=O)c3ccc(F)cc3)C[C@H]1C2. The van der Waals surface area contributed by atoms with E-state index in [0.29, 0.717) is 44.0 Å². The number of aromatic nitrogens is 3. The Kier molecular flexibility index (Phi) is 4.97. The highest BCUT2D eigenvalue weighted by molar-refractivity contribution is 5.94. The molecular formula is C23H22FN5O2. The van der Waals surface area contributed by atoms with Crippen molar-refractivity contribution in [2.24, 2.45) is 11.8 Å². The van der Waals surface area contributed by atoms with Crippen molar-refractivity contribution in [2.45, 2.75) is 19.5 Å². The first-order valence-electron chi connectivity index (χ1n) is 10.4. The van der Waals surface area contributed by atoms with Gasteiger partial charge in [0.05, 0.1) is 0 Å². The fraction of sp³-hybridized carbons (Fsp3) is 0.304. The predicted octanol–water partition coefficient (Wildman–Crippen LogP) is 2.29. The maximum atomic E-state index is 13.2. The fourth-order valence-corrected chi connectivity index (χ4v) is 4.49. The van der Waals surface area contributed by atoms with Crippen LogP contribution in [0.5, 0.6) is 0 Å². The molecular weight excluding hydrogens is 397 g/mol. The van der Waals surface area contributed by atoms with E-state index >= 15 is 0 Å². The number of nitrogens with zero attached hydrogens (tertiary/aromatic N) is 4. The minimum atomic E-state index is -0.359. The summed E-state index contributed by atoms with van der Waals surface area (Å²) in [5.74, 6) is 0.900. The van der Waals surface area contributed by atoms with Crippen molar-refractivity contribution in [1.29, 1.82) is 0 Å². The maximum absolute atomic E-state index is 13.2. The number of carbonyl (C=O) groups excluding carboxylic acids is 2. The molecule has 0 bridgehead atoms. The summed E-state index contributed by atoms with van der Waals surface area (Å²) in [5, 5.41) is 11.3. The van der Waals surface area contributed by atoms with Crippen LogP contribution in [0, 0.1) is 17.7 Å². The summed E-state index contributed by atoms with van der Waals surface area (Å²) in [6.45, 7) is 2.26. The minimum Gasteiger partial charge on any atom is -0.345 e. The third kappa shape index (κ3) is 3.81. The highest BCUT2D eigenvalue weighted by atomic mass is 19.1. The molecule has 31 heavy (non-hydrogen) atoms. The number of likely N-dealkylation sites (tertiary alicyclic amines) is 1. The highest BCUT2D eigenvalue weighted by Crippen LogP contribution is 2.33. The van der Waals surface area contributed by atoms with Gasteiger partial charge in [-0.25, -0.2) is 4.39 Å². The van der Waals surface area contributed by atoms with E-state index < -0.39 is 0 Å². The monoisotopic (exact) mass is 419 g/mol. The molecule has 2 aliphatic heterocycles. The van der Waals surface area contributed by atoms with Gasteiger partial charge in [-0.05, 0) is 41.7 Å². The molecule has 0 aliphatic carbocycles. The lowest BCUT2D eigenvalue weighted by atomic mass is 9.89. The Balaban J connectivity index is 1.26. The Hall–Kier alpha value is -3.55. The van der Waals surface area contributed by atoms with E-state index in [0.717, 1.165) is 11.4 Å². The molecule has 2 aromatic carbocycles. The van der Waals surface area contributed by atoms with Crippen molar-refractivity contribution in [2.75, 3.05) is 13.1 Å². The summed E-state index contributed by atoms with van der Waals surface area (Å²) in [4.78, 5) is 27.3. The molecule has 3 aromatic rings. The summed E-state index contributed by atoms with van der Waals surface area (Å²) in [6.07, 6.45) is 0.677. The zero-order chi connectivity index (χ0) is 21.4. The molecule has 158 valence electrons. The molecule has 1 N–H and O–H groups in total. The first kappa shape index (κ1) is 19.4. The number of carbonyl (C=O) groups is 2. The molecule has 1 saturated heterocycles. The molecule has 3 heterocycles. The lowest BCUT2D eigenvalue weighted by molar-refractivity contribution is 0.0782. The number of fused-ring (bicyclic) bond motifs is 2. The predicted molar refractivity (Wildman–Crippen MR) is 111 cm³/mol. The number of halogens is 1. The molecule has 1 aromatic heterocycles. The van der Waals surface area contributed by atoms with Crippen molar-refractivity contribution in [3.63, 3.8) is 0 Å². The van der Waals surface area contributed by atoms with Crippen LogP contribution in [-0.2, 0) is 19.5 Å². The molecule has 2 aliphatic rings. The van der Waals surface area contributed by atoms with Crippen molar-refractivity contribution >= 4 is 11.8 Å². The first-order chi connectivity index (χ1) is 15.1. The average molecular weight is 419 g/mol. The normalized spacial score (nSPS) is 19.6. The smallest absolute Gasteiger partial charge is 0.289 e. The quantitative estimate of drug-likeness (QED) is 0.704. The molecule has 0 spiro atoms. The van der Waals surface area contributed by atoms with Crippen LogP contribution in [0.1, 0.15) is 32.4 Å². The van der Waals surface area contributed by atoms with Gasteiger partial charge >= 0.3 is 0 Å². The van der Waals surface area contributed by atoms with Gasteiger partial charge in [0, 0.05) is 38.2 Å². The van der Waals surface area contributed by atoms with Gasteiger partial charge in [0.2, 0.25) is 5.82 Å². The molecule has 8 heteroatoms. The van der Waals surface area contributed by atoms with Crippen molar-refractivity contribution in [3.05, 3.63) is 83.2 Å². The van der Waals surface area contributed by atoms with Crippen molar-refractivity contribution in [1.82, 2.24) is 25.0 Å². The van der Waals surface area contributed by atoms with Crippen molar-refractivity contribution in [3.8, 4) is 0 Å². The molecule has 0 saturated carbocycles. The van der Waals surface area contributed by atoms with Gasteiger partial charge in [-0.3, -0.25) is 9.59 Å². The molecule has 7 nitrogen and oxygen atoms in total. The molecule has 2 amide bonds. The summed E-state index contributed by atoms with van der Waals surface area (Å²) in [5.41, 5.74) is 1.50. The first-order valence-corrected chi connectivity index (χ1v) is 10.4. The van der Waals surface area contributed by atoms with E-state index in [1.165, 1.54) is 24.3 Å². The molecule has 0 unspecified atom stereocenters. The van der Waals surface area contributed by atoms with Crippen LogP contribution in [-0.4, -0.2) is 44.6 Å². The summed E-state index contributed by atoms with van der Waals surface area (Å²) in [6, 6.07) is 15.3.